The Hall–Kier alpha value is -0.0800. The number of rotatable bonds is 9. The van der Waals surface area contributed by atoms with Gasteiger partial charge in [0.05, 0.1) is 6.61 Å². The molecule has 0 spiro atoms. The minimum atomic E-state index is 0. The molecule has 5 nitrogen and oxygen atoms in total. The van der Waals surface area contributed by atoms with Crippen molar-refractivity contribution in [3.8, 4) is 0 Å². The second-order valence-electron chi connectivity index (χ2n) is 8.86. The van der Waals surface area contributed by atoms with Crippen LogP contribution in [0, 0.1) is 11.8 Å². The van der Waals surface area contributed by atoms with Crippen LogP contribution in [0.4, 0.5) is 0 Å². The van der Waals surface area contributed by atoms with Crippen molar-refractivity contribution in [2.24, 2.45) is 16.8 Å². The third-order valence-corrected chi connectivity index (χ3v) is 6.58. The normalized spacial score (nSPS) is 25.0. The van der Waals surface area contributed by atoms with Crippen LogP contribution in [0.25, 0.3) is 0 Å². The van der Waals surface area contributed by atoms with Gasteiger partial charge in [0.1, 0.15) is 0 Å². The molecule has 2 aliphatic heterocycles. The van der Waals surface area contributed by atoms with Crippen molar-refractivity contribution < 1.29 is 4.74 Å². The molecule has 3 fully saturated rings. The van der Waals surface area contributed by atoms with E-state index >= 15 is 0 Å². The lowest BCUT2D eigenvalue weighted by molar-refractivity contribution is 0.150. The largest absolute Gasteiger partial charge is 0.381 e. The number of piperidine rings is 1. The molecule has 3 aliphatic rings. The SMILES string of the molecule is CCNC(=NCCCCC1CCCC1)NC1CCN(CC2CCOC2)CC1.I. The van der Waals surface area contributed by atoms with E-state index in [9.17, 15) is 0 Å². The lowest BCUT2D eigenvalue weighted by atomic mass is 10.0. The van der Waals surface area contributed by atoms with E-state index in [-0.39, 0.29) is 24.0 Å². The predicted octanol–water partition coefficient (Wildman–Crippen LogP) is 4.02. The van der Waals surface area contributed by atoms with Gasteiger partial charge in [-0.15, -0.1) is 24.0 Å². The number of hydrogen-bond donors (Lipinski definition) is 2. The molecule has 0 amide bonds. The van der Waals surface area contributed by atoms with Crippen LogP contribution in [0.1, 0.15) is 71.1 Å². The number of hydrogen-bond acceptors (Lipinski definition) is 3. The molecule has 164 valence electrons. The third kappa shape index (κ3) is 8.74. The van der Waals surface area contributed by atoms with E-state index in [4.69, 9.17) is 9.73 Å². The summed E-state index contributed by atoms with van der Waals surface area (Å²) in [5.41, 5.74) is 0. The zero-order valence-electron chi connectivity index (χ0n) is 18.0. The average molecular weight is 507 g/mol. The standard InChI is InChI=1S/C22H42N4O.HI/c1-2-23-22(24-13-6-5-9-19-7-3-4-8-19)25-21-10-14-26(15-11-21)17-20-12-16-27-18-20;/h19-21H,2-18H2,1H3,(H2,23,24,25);1H. The molecule has 1 unspecified atom stereocenters. The zero-order chi connectivity index (χ0) is 18.7. The Kier molecular flexibility index (Phi) is 12.1. The summed E-state index contributed by atoms with van der Waals surface area (Å²) in [6.45, 7) is 9.62. The van der Waals surface area contributed by atoms with Gasteiger partial charge in [-0.25, -0.2) is 0 Å². The van der Waals surface area contributed by atoms with Gasteiger partial charge in [0.25, 0.3) is 0 Å². The second-order valence-corrected chi connectivity index (χ2v) is 8.86. The molecule has 0 aromatic rings. The molecule has 2 saturated heterocycles. The molecule has 0 aromatic heterocycles. The van der Waals surface area contributed by atoms with Crippen LogP contribution >= 0.6 is 24.0 Å². The summed E-state index contributed by atoms with van der Waals surface area (Å²) < 4.78 is 5.52. The number of likely N-dealkylation sites (tertiary alicyclic amines) is 1. The Balaban J connectivity index is 0.00000280. The van der Waals surface area contributed by atoms with Gasteiger partial charge >= 0.3 is 0 Å². The molecule has 1 aliphatic carbocycles. The Labute approximate surface area is 189 Å². The number of ether oxygens (including phenoxy) is 1. The Morgan fingerprint density at radius 3 is 2.50 bits per heavy atom. The van der Waals surface area contributed by atoms with Gasteiger partial charge in [-0.3, -0.25) is 4.99 Å². The first kappa shape index (κ1) is 24.2. The molecule has 0 bridgehead atoms. The fourth-order valence-electron chi connectivity index (χ4n) is 4.90. The highest BCUT2D eigenvalue weighted by atomic mass is 127. The van der Waals surface area contributed by atoms with Crippen molar-refractivity contribution in [3.63, 3.8) is 0 Å². The van der Waals surface area contributed by atoms with Gasteiger partial charge in [0, 0.05) is 45.4 Å². The lowest BCUT2D eigenvalue weighted by Crippen LogP contribution is -2.49. The van der Waals surface area contributed by atoms with Gasteiger partial charge in [-0.1, -0.05) is 38.5 Å². The average Bonchev–Trinajstić information content (AvgIpc) is 3.37. The van der Waals surface area contributed by atoms with Crippen LogP contribution in [0.2, 0.25) is 0 Å². The number of nitrogens with one attached hydrogen (secondary N) is 2. The van der Waals surface area contributed by atoms with E-state index in [1.54, 1.807) is 0 Å². The first-order valence-corrected chi connectivity index (χ1v) is 11.7. The first-order valence-electron chi connectivity index (χ1n) is 11.7. The summed E-state index contributed by atoms with van der Waals surface area (Å²) in [6, 6.07) is 0.567. The monoisotopic (exact) mass is 506 g/mol. The van der Waals surface area contributed by atoms with Crippen LogP contribution in [-0.2, 0) is 4.74 Å². The molecule has 3 rings (SSSR count). The van der Waals surface area contributed by atoms with Gasteiger partial charge in [0.15, 0.2) is 5.96 Å². The Morgan fingerprint density at radius 2 is 1.82 bits per heavy atom. The van der Waals surface area contributed by atoms with Crippen LogP contribution in [0.15, 0.2) is 4.99 Å². The van der Waals surface area contributed by atoms with E-state index in [0.29, 0.717) is 6.04 Å². The predicted molar refractivity (Wildman–Crippen MR) is 129 cm³/mol. The van der Waals surface area contributed by atoms with Crippen LogP contribution in [0.3, 0.4) is 0 Å². The zero-order valence-corrected chi connectivity index (χ0v) is 20.3. The molecule has 6 heteroatoms. The molecular weight excluding hydrogens is 463 g/mol. The maximum Gasteiger partial charge on any atom is 0.191 e. The van der Waals surface area contributed by atoms with Crippen LogP contribution in [0.5, 0.6) is 0 Å². The lowest BCUT2D eigenvalue weighted by Gasteiger charge is -2.34. The molecule has 0 aromatic carbocycles. The molecule has 1 saturated carbocycles. The maximum atomic E-state index is 5.52. The summed E-state index contributed by atoms with van der Waals surface area (Å²) in [5, 5.41) is 7.13. The Bertz CT molecular complexity index is 428. The minimum absolute atomic E-state index is 0. The van der Waals surface area contributed by atoms with Gasteiger partial charge < -0.3 is 20.3 Å². The molecule has 1 atom stereocenters. The van der Waals surface area contributed by atoms with Crippen LogP contribution in [-0.4, -0.2) is 62.8 Å². The summed E-state index contributed by atoms with van der Waals surface area (Å²) in [6.07, 6.45) is 13.6. The van der Waals surface area contributed by atoms with Crippen molar-refractivity contribution >= 4 is 29.9 Å². The van der Waals surface area contributed by atoms with E-state index in [1.165, 1.54) is 83.8 Å². The molecule has 2 heterocycles. The van der Waals surface area contributed by atoms with Crippen molar-refractivity contribution in [3.05, 3.63) is 0 Å². The van der Waals surface area contributed by atoms with E-state index in [0.717, 1.165) is 44.1 Å². The minimum Gasteiger partial charge on any atom is -0.381 e. The molecule has 28 heavy (non-hydrogen) atoms. The molecule has 2 N–H and O–H groups in total. The first-order chi connectivity index (χ1) is 13.3. The third-order valence-electron chi connectivity index (χ3n) is 6.58. The van der Waals surface area contributed by atoms with E-state index < -0.39 is 0 Å². The van der Waals surface area contributed by atoms with Crippen molar-refractivity contribution in [1.29, 1.82) is 0 Å². The number of unbranched alkanes of at least 4 members (excludes halogenated alkanes) is 1. The van der Waals surface area contributed by atoms with E-state index in [1.807, 2.05) is 0 Å². The van der Waals surface area contributed by atoms with Gasteiger partial charge in [-0.2, -0.15) is 0 Å². The van der Waals surface area contributed by atoms with Gasteiger partial charge in [-0.05, 0) is 44.4 Å². The number of aliphatic imine (C=N–C) groups is 1. The smallest absolute Gasteiger partial charge is 0.191 e. The van der Waals surface area contributed by atoms with E-state index in [2.05, 4.69) is 22.5 Å². The summed E-state index contributed by atoms with van der Waals surface area (Å²) in [7, 11) is 0. The van der Waals surface area contributed by atoms with Crippen LogP contribution < -0.4 is 10.6 Å². The highest BCUT2D eigenvalue weighted by molar-refractivity contribution is 14.0. The highest BCUT2D eigenvalue weighted by Gasteiger charge is 2.24. The maximum absolute atomic E-state index is 5.52. The Morgan fingerprint density at radius 1 is 1.04 bits per heavy atom. The fourth-order valence-corrected chi connectivity index (χ4v) is 4.90. The molecule has 0 radical (unpaired) electrons. The second kappa shape index (κ2) is 14.0. The number of nitrogens with zero attached hydrogens (tertiary/aromatic N) is 2. The number of guanidine groups is 1. The number of halogens is 1. The summed E-state index contributed by atoms with van der Waals surface area (Å²) in [5.74, 6) is 2.81. The summed E-state index contributed by atoms with van der Waals surface area (Å²) in [4.78, 5) is 7.47. The topological polar surface area (TPSA) is 48.9 Å². The van der Waals surface area contributed by atoms with Crippen molar-refractivity contribution in [1.82, 2.24) is 15.5 Å². The summed E-state index contributed by atoms with van der Waals surface area (Å²) >= 11 is 0. The highest BCUT2D eigenvalue weighted by Crippen LogP contribution is 2.28. The quantitative estimate of drug-likeness (QED) is 0.215. The fraction of sp³-hybridized carbons (Fsp3) is 0.955. The van der Waals surface area contributed by atoms with Crippen molar-refractivity contribution in [2.75, 3.05) is 45.9 Å². The van der Waals surface area contributed by atoms with Crippen molar-refractivity contribution in [2.45, 2.75) is 77.2 Å². The molecular formula is C22H43IN4O. The van der Waals surface area contributed by atoms with Gasteiger partial charge in [0.2, 0.25) is 0 Å².